The number of halogens is 1. The predicted octanol–water partition coefficient (Wildman–Crippen LogP) is 3.23. The average Bonchev–Trinajstić information content (AvgIpc) is 2.46. The van der Waals surface area contributed by atoms with Gasteiger partial charge in [0.25, 0.3) is 0 Å². The van der Waals surface area contributed by atoms with Gasteiger partial charge in [0.15, 0.2) is 17.9 Å². The number of carbonyl (C=O) groups excluding carboxylic acids is 1. The van der Waals surface area contributed by atoms with Crippen LogP contribution < -0.4 is 9.47 Å². The van der Waals surface area contributed by atoms with Crippen LogP contribution in [-0.2, 0) is 6.61 Å². The second-order valence-corrected chi connectivity index (χ2v) is 3.88. The van der Waals surface area contributed by atoms with E-state index in [9.17, 15) is 9.18 Å². The molecule has 0 aromatic heterocycles. The summed E-state index contributed by atoms with van der Waals surface area (Å²) in [6.07, 6.45) is 0.706. The zero-order valence-electron chi connectivity index (χ0n) is 10.4. The third-order valence-corrected chi connectivity index (χ3v) is 2.69. The van der Waals surface area contributed by atoms with Crippen molar-refractivity contribution < 1.29 is 18.7 Å². The third-order valence-electron chi connectivity index (χ3n) is 2.69. The van der Waals surface area contributed by atoms with Crippen LogP contribution in [0.5, 0.6) is 11.5 Å². The van der Waals surface area contributed by atoms with E-state index >= 15 is 0 Å². The van der Waals surface area contributed by atoms with E-state index in [0.717, 1.165) is 0 Å². The maximum absolute atomic E-state index is 13.9. The van der Waals surface area contributed by atoms with Crippen molar-refractivity contribution >= 4 is 6.29 Å². The van der Waals surface area contributed by atoms with Gasteiger partial charge >= 0.3 is 0 Å². The number of aldehydes is 1. The van der Waals surface area contributed by atoms with Crippen LogP contribution in [0.4, 0.5) is 4.39 Å². The Hall–Kier alpha value is -2.36. The summed E-state index contributed by atoms with van der Waals surface area (Å²) in [5.41, 5.74) is 0.811. The number of carbonyl (C=O) groups is 1. The molecule has 0 spiro atoms. The highest BCUT2D eigenvalue weighted by Crippen LogP contribution is 2.22. The smallest absolute Gasteiger partial charge is 0.171 e. The molecular formula is C15H13FO3. The van der Waals surface area contributed by atoms with Gasteiger partial charge in [-0.25, -0.2) is 4.39 Å². The number of methoxy groups -OCH3 is 1. The fourth-order valence-electron chi connectivity index (χ4n) is 1.69. The summed E-state index contributed by atoms with van der Waals surface area (Å²) >= 11 is 0. The molecule has 0 atom stereocenters. The first-order valence-electron chi connectivity index (χ1n) is 5.74. The summed E-state index contributed by atoms with van der Waals surface area (Å²) in [6, 6.07) is 11.6. The Kier molecular flexibility index (Phi) is 4.13. The molecule has 2 aromatic rings. The number of hydrogen-bond donors (Lipinski definition) is 0. The molecular weight excluding hydrogens is 247 g/mol. The van der Waals surface area contributed by atoms with Crippen LogP contribution in [0.3, 0.4) is 0 Å². The molecule has 2 aromatic carbocycles. The van der Waals surface area contributed by atoms with Gasteiger partial charge in [-0.05, 0) is 18.2 Å². The quantitative estimate of drug-likeness (QED) is 0.774. The van der Waals surface area contributed by atoms with Gasteiger partial charge in [0.05, 0.1) is 12.7 Å². The van der Waals surface area contributed by atoms with Gasteiger partial charge in [0, 0.05) is 5.56 Å². The van der Waals surface area contributed by atoms with E-state index in [4.69, 9.17) is 9.47 Å². The van der Waals surface area contributed by atoms with Gasteiger partial charge in [-0.2, -0.15) is 0 Å². The van der Waals surface area contributed by atoms with Gasteiger partial charge in [-0.15, -0.1) is 0 Å². The van der Waals surface area contributed by atoms with E-state index in [0.29, 0.717) is 23.2 Å². The molecule has 3 nitrogen and oxygen atoms in total. The first-order chi connectivity index (χ1) is 9.26. The van der Waals surface area contributed by atoms with Gasteiger partial charge in [-0.1, -0.05) is 24.3 Å². The summed E-state index contributed by atoms with van der Waals surface area (Å²) in [5.74, 6) is 0.151. The summed E-state index contributed by atoms with van der Waals surface area (Å²) in [6.45, 7) is 0.0356. The van der Waals surface area contributed by atoms with Crippen molar-refractivity contribution in [2.75, 3.05) is 7.11 Å². The van der Waals surface area contributed by atoms with Crippen LogP contribution in [0.1, 0.15) is 15.9 Å². The van der Waals surface area contributed by atoms with Crippen LogP contribution >= 0.6 is 0 Å². The third kappa shape index (κ3) is 2.91. The predicted molar refractivity (Wildman–Crippen MR) is 69.1 cm³/mol. The molecule has 0 unspecified atom stereocenters. The molecule has 0 fully saturated rings. The van der Waals surface area contributed by atoms with Crippen molar-refractivity contribution in [1.82, 2.24) is 0 Å². The molecule has 4 heteroatoms. The minimum Gasteiger partial charge on any atom is -0.494 e. The molecule has 0 radical (unpaired) electrons. The molecule has 19 heavy (non-hydrogen) atoms. The number of rotatable bonds is 5. The van der Waals surface area contributed by atoms with E-state index in [-0.39, 0.29) is 12.4 Å². The van der Waals surface area contributed by atoms with Crippen molar-refractivity contribution in [3.63, 3.8) is 0 Å². The Morgan fingerprint density at radius 3 is 2.58 bits per heavy atom. The van der Waals surface area contributed by atoms with E-state index in [1.807, 2.05) is 0 Å². The molecule has 0 aliphatic rings. The number of benzene rings is 2. The van der Waals surface area contributed by atoms with Gasteiger partial charge in [0.1, 0.15) is 12.4 Å². The summed E-state index contributed by atoms with van der Waals surface area (Å²) in [4.78, 5) is 10.8. The van der Waals surface area contributed by atoms with E-state index in [1.165, 1.54) is 13.2 Å². The lowest BCUT2D eigenvalue weighted by atomic mass is 10.2. The highest BCUT2D eigenvalue weighted by molar-refractivity contribution is 5.79. The highest BCUT2D eigenvalue weighted by Gasteiger charge is 2.09. The Balaban J connectivity index is 2.17. The standard InChI is InChI=1S/C15H13FO3/c1-18-14-8-4-6-12(15(14)16)10-19-13-7-3-2-5-11(13)9-17/h2-9H,10H2,1H3. The Labute approximate surface area is 110 Å². The Bertz CT molecular complexity index is 581. The molecule has 0 heterocycles. The molecule has 0 bridgehead atoms. The molecule has 0 saturated carbocycles. The Morgan fingerprint density at radius 2 is 1.84 bits per heavy atom. The summed E-state index contributed by atoms with van der Waals surface area (Å²) in [5, 5.41) is 0. The zero-order valence-corrected chi connectivity index (χ0v) is 10.4. The maximum atomic E-state index is 13.9. The SMILES string of the molecule is COc1cccc(COc2ccccc2C=O)c1F. The van der Waals surface area contributed by atoms with Crippen LogP contribution in [0.15, 0.2) is 42.5 Å². The lowest BCUT2D eigenvalue weighted by Crippen LogP contribution is -2.01. The molecule has 0 N–H and O–H groups in total. The lowest BCUT2D eigenvalue weighted by molar-refractivity contribution is 0.111. The highest BCUT2D eigenvalue weighted by atomic mass is 19.1. The van der Waals surface area contributed by atoms with Crippen molar-refractivity contribution in [3.8, 4) is 11.5 Å². The second kappa shape index (κ2) is 6.00. The van der Waals surface area contributed by atoms with Crippen LogP contribution in [-0.4, -0.2) is 13.4 Å². The van der Waals surface area contributed by atoms with Gasteiger partial charge < -0.3 is 9.47 Å². The van der Waals surface area contributed by atoms with Crippen LogP contribution in [0, 0.1) is 5.82 Å². The van der Waals surface area contributed by atoms with Crippen LogP contribution in [0.2, 0.25) is 0 Å². The lowest BCUT2D eigenvalue weighted by Gasteiger charge is -2.10. The van der Waals surface area contributed by atoms with E-state index in [1.54, 1.807) is 36.4 Å². The fourth-order valence-corrected chi connectivity index (χ4v) is 1.69. The first-order valence-corrected chi connectivity index (χ1v) is 5.74. The monoisotopic (exact) mass is 260 g/mol. The maximum Gasteiger partial charge on any atom is 0.171 e. The molecule has 0 aliphatic heterocycles. The normalized spacial score (nSPS) is 10.0. The van der Waals surface area contributed by atoms with Crippen molar-refractivity contribution in [3.05, 3.63) is 59.4 Å². The van der Waals surface area contributed by atoms with E-state index in [2.05, 4.69) is 0 Å². The van der Waals surface area contributed by atoms with E-state index < -0.39 is 5.82 Å². The van der Waals surface area contributed by atoms with Gasteiger partial charge in [-0.3, -0.25) is 4.79 Å². The van der Waals surface area contributed by atoms with Crippen molar-refractivity contribution in [1.29, 1.82) is 0 Å². The minimum atomic E-state index is -0.450. The second-order valence-electron chi connectivity index (χ2n) is 3.88. The largest absolute Gasteiger partial charge is 0.494 e. The van der Waals surface area contributed by atoms with Crippen molar-refractivity contribution in [2.24, 2.45) is 0 Å². The molecule has 0 saturated heterocycles. The summed E-state index contributed by atoms with van der Waals surface area (Å²) in [7, 11) is 1.41. The first kappa shape index (κ1) is 13.1. The number of ether oxygens (including phenoxy) is 2. The molecule has 0 aliphatic carbocycles. The minimum absolute atomic E-state index is 0.0356. The fraction of sp³-hybridized carbons (Fsp3) is 0.133. The average molecular weight is 260 g/mol. The molecule has 98 valence electrons. The number of hydrogen-bond acceptors (Lipinski definition) is 3. The molecule has 0 amide bonds. The number of para-hydroxylation sites is 1. The Morgan fingerprint density at radius 1 is 1.11 bits per heavy atom. The van der Waals surface area contributed by atoms with Crippen molar-refractivity contribution in [2.45, 2.75) is 6.61 Å². The zero-order chi connectivity index (χ0) is 13.7. The van der Waals surface area contributed by atoms with Crippen LogP contribution in [0.25, 0.3) is 0 Å². The topological polar surface area (TPSA) is 35.5 Å². The molecule has 2 rings (SSSR count). The van der Waals surface area contributed by atoms with Gasteiger partial charge in [0.2, 0.25) is 0 Å². The summed E-state index contributed by atoms with van der Waals surface area (Å²) < 4.78 is 24.2.